The van der Waals surface area contributed by atoms with Gasteiger partial charge in [-0.1, -0.05) is 32.6 Å². The first-order valence-electron chi connectivity index (χ1n) is 4.84. The number of hydrogen-bond acceptors (Lipinski definition) is 3. The number of hydrogen-bond donors (Lipinski definition) is 0. The van der Waals surface area contributed by atoms with E-state index in [0.717, 1.165) is 12.8 Å². The maximum atomic E-state index is 11.1. The molecule has 0 aromatic carbocycles. The van der Waals surface area contributed by atoms with Crippen LogP contribution in [0.3, 0.4) is 0 Å². The van der Waals surface area contributed by atoms with Crippen LogP contribution in [-0.4, -0.2) is 20.8 Å². The predicted molar refractivity (Wildman–Crippen MR) is 54.1 cm³/mol. The van der Waals surface area contributed by atoms with Gasteiger partial charge >= 0.3 is 0 Å². The fourth-order valence-corrected chi connectivity index (χ4v) is 1.95. The van der Waals surface area contributed by atoms with Crippen LogP contribution in [0.5, 0.6) is 0 Å². The van der Waals surface area contributed by atoms with Crippen LogP contribution in [0.4, 0.5) is 0 Å². The van der Waals surface area contributed by atoms with Crippen molar-refractivity contribution in [3.8, 4) is 0 Å². The SMILES string of the molecule is CCCCCCC(C)S(=O)(=O)OC. The van der Waals surface area contributed by atoms with E-state index in [4.69, 9.17) is 0 Å². The topological polar surface area (TPSA) is 43.4 Å². The number of rotatable bonds is 7. The van der Waals surface area contributed by atoms with Gasteiger partial charge in [-0.2, -0.15) is 8.42 Å². The molecule has 0 radical (unpaired) electrons. The van der Waals surface area contributed by atoms with E-state index in [2.05, 4.69) is 11.1 Å². The third kappa shape index (κ3) is 5.26. The summed E-state index contributed by atoms with van der Waals surface area (Å²) in [7, 11) is -2.07. The van der Waals surface area contributed by atoms with Crippen molar-refractivity contribution in [3.05, 3.63) is 0 Å². The summed E-state index contributed by atoms with van der Waals surface area (Å²) in [5.41, 5.74) is 0. The third-order valence-corrected chi connectivity index (χ3v) is 3.88. The van der Waals surface area contributed by atoms with Gasteiger partial charge in [-0.15, -0.1) is 0 Å². The van der Waals surface area contributed by atoms with E-state index < -0.39 is 10.1 Å². The molecule has 0 aliphatic rings. The molecule has 0 bridgehead atoms. The van der Waals surface area contributed by atoms with Gasteiger partial charge in [-0.05, 0) is 13.3 Å². The van der Waals surface area contributed by atoms with Crippen molar-refractivity contribution in [1.29, 1.82) is 0 Å². The lowest BCUT2D eigenvalue weighted by Crippen LogP contribution is -2.18. The third-order valence-electron chi connectivity index (χ3n) is 2.19. The first-order valence-corrected chi connectivity index (χ1v) is 6.31. The van der Waals surface area contributed by atoms with E-state index in [-0.39, 0.29) is 5.25 Å². The van der Waals surface area contributed by atoms with E-state index in [1.807, 2.05) is 0 Å². The first-order chi connectivity index (χ1) is 6.04. The molecule has 0 saturated heterocycles. The van der Waals surface area contributed by atoms with Crippen LogP contribution >= 0.6 is 0 Å². The molecule has 0 aliphatic carbocycles. The van der Waals surface area contributed by atoms with Crippen molar-refractivity contribution >= 4 is 10.1 Å². The summed E-state index contributed by atoms with van der Waals surface area (Å²) in [6, 6.07) is 0. The molecule has 0 saturated carbocycles. The standard InChI is InChI=1S/C9H20O3S/c1-4-5-6-7-8-9(2)13(10,11)12-3/h9H,4-8H2,1-3H3. The molecule has 0 aromatic heterocycles. The Kier molecular flexibility index (Phi) is 6.33. The van der Waals surface area contributed by atoms with Crippen molar-refractivity contribution in [2.75, 3.05) is 7.11 Å². The Labute approximate surface area is 81.6 Å². The molecule has 3 nitrogen and oxygen atoms in total. The highest BCUT2D eigenvalue weighted by Crippen LogP contribution is 2.12. The van der Waals surface area contributed by atoms with E-state index in [1.165, 1.54) is 20.0 Å². The Morgan fingerprint density at radius 3 is 2.31 bits per heavy atom. The van der Waals surface area contributed by atoms with Gasteiger partial charge in [0.25, 0.3) is 10.1 Å². The zero-order chi connectivity index (χ0) is 10.3. The summed E-state index contributed by atoms with van der Waals surface area (Å²) in [6.07, 6.45) is 5.14. The fraction of sp³-hybridized carbons (Fsp3) is 1.00. The van der Waals surface area contributed by atoms with Crippen LogP contribution in [0.1, 0.15) is 46.0 Å². The average molecular weight is 208 g/mol. The minimum absolute atomic E-state index is 0.366. The molecular formula is C9H20O3S. The fourth-order valence-electron chi connectivity index (χ4n) is 1.17. The average Bonchev–Trinajstić information content (AvgIpc) is 2.12. The Balaban J connectivity index is 3.69. The molecule has 13 heavy (non-hydrogen) atoms. The van der Waals surface area contributed by atoms with Crippen LogP contribution in [0.2, 0.25) is 0 Å². The lowest BCUT2D eigenvalue weighted by molar-refractivity contribution is 0.385. The van der Waals surface area contributed by atoms with Gasteiger partial charge < -0.3 is 0 Å². The molecular weight excluding hydrogens is 188 g/mol. The maximum Gasteiger partial charge on any atom is 0.269 e. The largest absolute Gasteiger partial charge is 0.273 e. The molecule has 0 heterocycles. The second-order valence-electron chi connectivity index (χ2n) is 3.32. The molecule has 0 amide bonds. The van der Waals surface area contributed by atoms with Crippen molar-refractivity contribution < 1.29 is 12.6 Å². The Bertz CT molecular complexity index is 209. The molecule has 0 aromatic rings. The van der Waals surface area contributed by atoms with Crippen molar-refractivity contribution in [1.82, 2.24) is 0 Å². The first kappa shape index (κ1) is 12.9. The van der Waals surface area contributed by atoms with Gasteiger partial charge in [0, 0.05) is 0 Å². The molecule has 1 atom stereocenters. The highest BCUT2D eigenvalue weighted by Gasteiger charge is 2.18. The van der Waals surface area contributed by atoms with E-state index in [9.17, 15) is 8.42 Å². The minimum atomic E-state index is -3.29. The Morgan fingerprint density at radius 2 is 1.85 bits per heavy atom. The van der Waals surface area contributed by atoms with Crippen molar-refractivity contribution in [2.45, 2.75) is 51.2 Å². The normalized spacial score (nSPS) is 14.4. The van der Waals surface area contributed by atoms with E-state index >= 15 is 0 Å². The predicted octanol–water partition coefficient (Wildman–Crippen LogP) is 2.32. The monoisotopic (exact) mass is 208 g/mol. The summed E-state index contributed by atoms with van der Waals surface area (Å²) >= 11 is 0. The van der Waals surface area contributed by atoms with Gasteiger partial charge in [0.15, 0.2) is 0 Å². The highest BCUT2D eigenvalue weighted by atomic mass is 32.2. The van der Waals surface area contributed by atoms with Crippen LogP contribution in [0.25, 0.3) is 0 Å². The maximum absolute atomic E-state index is 11.1. The lowest BCUT2D eigenvalue weighted by atomic mass is 10.1. The quantitative estimate of drug-likeness (QED) is 0.476. The molecule has 0 N–H and O–H groups in total. The van der Waals surface area contributed by atoms with Crippen LogP contribution in [-0.2, 0) is 14.3 Å². The molecule has 0 aliphatic heterocycles. The zero-order valence-corrected chi connectivity index (χ0v) is 9.56. The lowest BCUT2D eigenvalue weighted by Gasteiger charge is -2.09. The molecule has 80 valence electrons. The summed E-state index contributed by atoms with van der Waals surface area (Å²) in [6.45, 7) is 3.83. The van der Waals surface area contributed by atoms with Gasteiger partial charge in [0.05, 0.1) is 12.4 Å². The Hall–Kier alpha value is -0.0900. The highest BCUT2D eigenvalue weighted by molar-refractivity contribution is 7.87. The summed E-state index contributed by atoms with van der Waals surface area (Å²) in [5, 5.41) is -0.366. The van der Waals surface area contributed by atoms with Gasteiger partial charge in [-0.25, -0.2) is 0 Å². The van der Waals surface area contributed by atoms with E-state index in [0.29, 0.717) is 6.42 Å². The molecule has 0 fully saturated rings. The minimum Gasteiger partial charge on any atom is -0.273 e. The van der Waals surface area contributed by atoms with Crippen molar-refractivity contribution in [3.63, 3.8) is 0 Å². The zero-order valence-electron chi connectivity index (χ0n) is 8.75. The van der Waals surface area contributed by atoms with Crippen LogP contribution in [0.15, 0.2) is 0 Å². The number of unbranched alkanes of at least 4 members (excludes halogenated alkanes) is 3. The smallest absolute Gasteiger partial charge is 0.269 e. The van der Waals surface area contributed by atoms with Gasteiger partial charge in [0.2, 0.25) is 0 Å². The second-order valence-corrected chi connectivity index (χ2v) is 5.44. The van der Waals surface area contributed by atoms with E-state index in [1.54, 1.807) is 6.92 Å². The summed E-state index contributed by atoms with van der Waals surface area (Å²) in [4.78, 5) is 0. The Morgan fingerprint density at radius 1 is 1.23 bits per heavy atom. The molecule has 0 spiro atoms. The second kappa shape index (κ2) is 6.38. The van der Waals surface area contributed by atoms with Gasteiger partial charge in [0.1, 0.15) is 0 Å². The summed E-state index contributed by atoms with van der Waals surface area (Å²) < 4.78 is 26.7. The molecule has 1 unspecified atom stereocenters. The summed E-state index contributed by atoms with van der Waals surface area (Å²) in [5.74, 6) is 0. The van der Waals surface area contributed by atoms with Gasteiger partial charge in [-0.3, -0.25) is 4.18 Å². The van der Waals surface area contributed by atoms with Crippen LogP contribution < -0.4 is 0 Å². The molecule has 0 rings (SSSR count). The van der Waals surface area contributed by atoms with Crippen LogP contribution in [0, 0.1) is 0 Å². The molecule has 4 heteroatoms. The van der Waals surface area contributed by atoms with Crippen molar-refractivity contribution in [2.24, 2.45) is 0 Å².